The zero-order valence-corrected chi connectivity index (χ0v) is 16.6. The number of hydrogen-bond donors (Lipinski definition) is 0. The Balaban J connectivity index is 2.94. The maximum absolute atomic E-state index is 9.85. The number of hydrogen-bond acceptors (Lipinski definition) is 2. The second kappa shape index (κ2) is 22.8. The Labute approximate surface area is 156 Å². The van der Waals surface area contributed by atoms with Crippen molar-refractivity contribution in [2.24, 2.45) is 0 Å². The molecule has 0 amide bonds. The number of alkyl halides is 1. The zero-order valence-electron chi connectivity index (χ0n) is 15.8. The van der Waals surface area contributed by atoms with E-state index < -0.39 is 0 Å². The number of unbranched alkanes of at least 4 members (excludes halogenated alkanes) is 17. The number of halogens is 1. The van der Waals surface area contributed by atoms with Crippen molar-refractivity contribution in [3.05, 3.63) is 0 Å². The molecule has 0 saturated carbocycles. The van der Waals surface area contributed by atoms with Crippen LogP contribution in [0, 0.1) is 0 Å². The smallest absolute Gasteiger partial charge is 0.417 e. The second-order valence-corrected chi connectivity index (χ2v) is 7.36. The molecule has 0 aromatic rings. The monoisotopic (exact) mass is 359 g/mol. The maximum Gasteiger partial charge on any atom is 0.417 e. The molecule has 143 valence electrons. The molecule has 0 aromatic carbocycles. The molecule has 0 fully saturated rings. The SMILES string of the molecule is O=[C]OCCCCCCCCCCCCCCCCCCCCCl. The third-order valence-corrected chi connectivity index (χ3v) is 4.96. The van der Waals surface area contributed by atoms with E-state index in [2.05, 4.69) is 4.74 Å². The van der Waals surface area contributed by atoms with Crippen molar-refractivity contribution in [1.29, 1.82) is 0 Å². The first kappa shape index (κ1) is 23.8. The molecule has 3 heteroatoms. The van der Waals surface area contributed by atoms with Crippen LogP contribution in [0.5, 0.6) is 0 Å². The van der Waals surface area contributed by atoms with Gasteiger partial charge in [-0.3, -0.25) is 0 Å². The lowest BCUT2D eigenvalue weighted by atomic mass is 10.0. The topological polar surface area (TPSA) is 26.3 Å². The van der Waals surface area contributed by atoms with Crippen molar-refractivity contribution in [3.8, 4) is 0 Å². The van der Waals surface area contributed by atoms with Gasteiger partial charge in [0, 0.05) is 5.88 Å². The van der Waals surface area contributed by atoms with Gasteiger partial charge in [0.25, 0.3) is 0 Å². The summed E-state index contributed by atoms with van der Waals surface area (Å²) < 4.78 is 4.56. The standard InChI is InChI=1S/C21H40ClO2/c22-19-17-15-13-11-9-7-5-3-1-2-4-6-8-10-12-14-16-18-20-24-21-23/h1-20H2. The minimum atomic E-state index is 0.539. The van der Waals surface area contributed by atoms with Crippen molar-refractivity contribution >= 4 is 18.1 Å². The summed E-state index contributed by atoms with van der Waals surface area (Å²) in [6, 6.07) is 0. The van der Waals surface area contributed by atoms with E-state index in [1.165, 1.54) is 116 Å². The van der Waals surface area contributed by atoms with Crippen molar-refractivity contribution in [2.75, 3.05) is 12.5 Å². The molecule has 0 aliphatic heterocycles. The highest BCUT2D eigenvalue weighted by molar-refractivity contribution is 6.17. The summed E-state index contributed by atoms with van der Waals surface area (Å²) in [5.74, 6) is 0.830. The van der Waals surface area contributed by atoms with Crippen molar-refractivity contribution < 1.29 is 9.53 Å². The fourth-order valence-electron chi connectivity index (χ4n) is 3.14. The Morgan fingerprint density at radius 2 is 0.792 bits per heavy atom. The Morgan fingerprint density at radius 3 is 1.08 bits per heavy atom. The van der Waals surface area contributed by atoms with Gasteiger partial charge in [-0.05, 0) is 12.8 Å². The van der Waals surface area contributed by atoms with Crippen molar-refractivity contribution in [1.82, 2.24) is 0 Å². The molecule has 0 atom stereocenters. The van der Waals surface area contributed by atoms with Gasteiger partial charge in [-0.25, -0.2) is 4.79 Å². The van der Waals surface area contributed by atoms with Gasteiger partial charge in [0.05, 0.1) is 6.61 Å². The minimum absolute atomic E-state index is 0.539. The summed E-state index contributed by atoms with van der Waals surface area (Å²) in [6.07, 6.45) is 24.2. The lowest BCUT2D eigenvalue weighted by Crippen LogP contribution is -1.91. The predicted molar refractivity (Wildman–Crippen MR) is 105 cm³/mol. The third-order valence-electron chi connectivity index (χ3n) is 4.69. The molecule has 0 aromatic heterocycles. The van der Waals surface area contributed by atoms with E-state index in [-0.39, 0.29) is 0 Å². The number of ether oxygens (including phenoxy) is 1. The van der Waals surface area contributed by atoms with Gasteiger partial charge in [0.2, 0.25) is 0 Å². The van der Waals surface area contributed by atoms with E-state index in [4.69, 9.17) is 11.6 Å². The van der Waals surface area contributed by atoms with Gasteiger partial charge in [0.15, 0.2) is 0 Å². The van der Waals surface area contributed by atoms with Crippen LogP contribution in [0.15, 0.2) is 0 Å². The lowest BCUT2D eigenvalue weighted by molar-refractivity contribution is 0.268. The van der Waals surface area contributed by atoms with Gasteiger partial charge < -0.3 is 4.74 Å². The van der Waals surface area contributed by atoms with Crippen LogP contribution in [-0.4, -0.2) is 19.0 Å². The van der Waals surface area contributed by atoms with Gasteiger partial charge in [-0.1, -0.05) is 103 Å². The summed E-state index contributed by atoms with van der Waals surface area (Å²) in [7, 11) is 0. The molecular weight excluding hydrogens is 320 g/mol. The first-order valence-electron chi connectivity index (χ1n) is 10.5. The molecule has 24 heavy (non-hydrogen) atoms. The average molecular weight is 360 g/mol. The predicted octanol–water partition coefficient (Wildman–Crippen LogP) is 7.33. The Bertz CT molecular complexity index is 234. The normalized spacial score (nSPS) is 10.9. The van der Waals surface area contributed by atoms with Crippen LogP contribution in [0.25, 0.3) is 0 Å². The summed E-state index contributed by atoms with van der Waals surface area (Å²) in [5, 5.41) is 0. The summed E-state index contributed by atoms with van der Waals surface area (Å²) in [6.45, 7) is 2.01. The molecule has 0 rings (SSSR count). The highest BCUT2D eigenvalue weighted by Gasteiger charge is 1.95. The van der Waals surface area contributed by atoms with E-state index in [0.717, 1.165) is 12.3 Å². The fourth-order valence-corrected chi connectivity index (χ4v) is 3.33. The van der Waals surface area contributed by atoms with Crippen LogP contribution < -0.4 is 0 Å². The molecular formula is C21H40ClO2. The Morgan fingerprint density at radius 1 is 0.500 bits per heavy atom. The third kappa shape index (κ3) is 21.8. The van der Waals surface area contributed by atoms with E-state index >= 15 is 0 Å². The molecule has 0 heterocycles. The zero-order chi connectivity index (χ0) is 17.6. The molecule has 0 N–H and O–H groups in total. The maximum atomic E-state index is 9.85. The lowest BCUT2D eigenvalue weighted by Gasteiger charge is -2.03. The quantitative estimate of drug-likeness (QED) is 0.158. The van der Waals surface area contributed by atoms with Crippen LogP contribution >= 0.6 is 11.6 Å². The van der Waals surface area contributed by atoms with Crippen molar-refractivity contribution in [2.45, 2.75) is 116 Å². The van der Waals surface area contributed by atoms with E-state index in [0.29, 0.717) is 6.61 Å². The number of rotatable bonds is 21. The first-order chi connectivity index (χ1) is 11.9. The molecule has 0 bridgehead atoms. The summed E-state index contributed by atoms with van der Waals surface area (Å²) in [5.41, 5.74) is 0. The first-order valence-corrected chi connectivity index (χ1v) is 11.0. The van der Waals surface area contributed by atoms with Crippen LogP contribution in [0.3, 0.4) is 0 Å². The van der Waals surface area contributed by atoms with Crippen LogP contribution in [-0.2, 0) is 9.53 Å². The number of carbonyl (C=O) groups excluding carboxylic acids is 1. The Kier molecular flexibility index (Phi) is 22.5. The molecule has 0 unspecified atom stereocenters. The van der Waals surface area contributed by atoms with Gasteiger partial charge in [-0.2, -0.15) is 0 Å². The van der Waals surface area contributed by atoms with Gasteiger partial charge in [0.1, 0.15) is 0 Å². The molecule has 2 nitrogen and oxygen atoms in total. The molecule has 0 spiro atoms. The molecule has 0 saturated heterocycles. The van der Waals surface area contributed by atoms with Crippen LogP contribution in [0.4, 0.5) is 0 Å². The van der Waals surface area contributed by atoms with Crippen LogP contribution in [0.2, 0.25) is 0 Å². The van der Waals surface area contributed by atoms with Gasteiger partial charge in [-0.15, -0.1) is 11.6 Å². The van der Waals surface area contributed by atoms with E-state index in [1.807, 2.05) is 0 Å². The van der Waals surface area contributed by atoms with Crippen LogP contribution in [0.1, 0.15) is 116 Å². The van der Waals surface area contributed by atoms with E-state index in [9.17, 15) is 4.79 Å². The van der Waals surface area contributed by atoms with Crippen molar-refractivity contribution in [3.63, 3.8) is 0 Å². The largest absolute Gasteiger partial charge is 0.457 e. The summed E-state index contributed by atoms with van der Waals surface area (Å²) in [4.78, 5) is 9.85. The van der Waals surface area contributed by atoms with E-state index in [1.54, 1.807) is 0 Å². The Hall–Kier alpha value is -0.240. The fraction of sp³-hybridized carbons (Fsp3) is 0.952. The highest BCUT2D eigenvalue weighted by Crippen LogP contribution is 2.14. The summed E-state index contributed by atoms with van der Waals surface area (Å²) >= 11 is 5.67. The molecule has 0 aliphatic carbocycles. The second-order valence-electron chi connectivity index (χ2n) is 6.98. The minimum Gasteiger partial charge on any atom is -0.457 e. The average Bonchev–Trinajstić information content (AvgIpc) is 2.60. The molecule has 1 radical (unpaired) electrons. The highest BCUT2D eigenvalue weighted by atomic mass is 35.5. The van der Waals surface area contributed by atoms with Gasteiger partial charge >= 0.3 is 6.47 Å². The molecule has 0 aliphatic rings.